The standard InChI is InChI=1S/C25H23N3O4S/c1-13-7-6-8-15(11-13)21(29)19-16-9-4-5-10-17(16)33-24(19)27-22(30)18-14(2)32-23-20(18)25(31)28(3)12-26-23/h6-8,11-12H,4-5,9-10H2,1-3H3,(H,27,30). The van der Waals surface area contributed by atoms with Crippen molar-refractivity contribution >= 4 is 39.1 Å². The number of aryl methyl sites for hydroxylation is 4. The molecular weight excluding hydrogens is 438 g/mol. The Kier molecular flexibility index (Phi) is 5.25. The van der Waals surface area contributed by atoms with Crippen LogP contribution in [0.5, 0.6) is 0 Å². The van der Waals surface area contributed by atoms with Gasteiger partial charge in [-0.15, -0.1) is 11.3 Å². The summed E-state index contributed by atoms with van der Waals surface area (Å²) >= 11 is 1.45. The summed E-state index contributed by atoms with van der Waals surface area (Å²) in [5.74, 6) is -0.265. The number of ketones is 1. The average Bonchev–Trinajstić information content (AvgIpc) is 3.32. The number of carbonyl (C=O) groups is 2. The first-order valence-electron chi connectivity index (χ1n) is 10.9. The molecule has 33 heavy (non-hydrogen) atoms. The summed E-state index contributed by atoms with van der Waals surface area (Å²) in [5.41, 5.74) is 3.11. The maximum atomic E-state index is 13.6. The molecular formula is C25H23N3O4S. The molecule has 0 unspecified atom stereocenters. The van der Waals surface area contributed by atoms with E-state index in [0.717, 1.165) is 41.7 Å². The SMILES string of the molecule is Cc1cccc(C(=O)c2c(NC(=O)c3c(C)oc4ncn(C)c(=O)c34)sc3c2CCCC3)c1. The predicted molar refractivity (Wildman–Crippen MR) is 128 cm³/mol. The highest BCUT2D eigenvalue weighted by Gasteiger charge is 2.29. The Hall–Kier alpha value is -3.52. The third-order valence-corrected chi connectivity index (χ3v) is 7.29. The minimum Gasteiger partial charge on any atom is -0.442 e. The molecule has 1 aromatic carbocycles. The molecule has 0 bridgehead atoms. The second kappa shape index (κ2) is 8.12. The summed E-state index contributed by atoms with van der Waals surface area (Å²) in [6, 6.07) is 7.48. The molecule has 0 spiro atoms. The fraction of sp³-hybridized carbons (Fsp3) is 0.280. The summed E-state index contributed by atoms with van der Waals surface area (Å²) in [4.78, 5) is 44.9. The lowest BCUT2D eigenvalue weighted by Crippen LogP contribution is -2.21. The Morgan fingerprint density at radius 3 is 2.73 bits per heavy atom. The summed E-state index contributed by atoms with van der Waals surface area (Å²) in [7, 11) is 1.57. The van der Waals surface area contributed by atoms with Gasteiger partial charge in [-0.25, -0.2) is 4.98 Å². The molecule has 8 heteroatoms. The van der Waals surface area contributed by atoms with Gasteiger partial charge in [0.05, 0.1) is 11.1 Å². The van der Waals surface area contributed by atoms with Crippen LogP contribution in [0, 0.1) is 13.8 Å². The number of carbonyl (C=O) groups excluding carboxylic acids is 2. The molecule has 1 amide bonds. The molecule has 1 aliphatic rings. The Bertz CT molecular complexity index is 1490. The second-order valence-corrected chi connectivity index (χ2v) is 9.55. The van der Waals surface area contributed by atoms with Gasteiger partial charge in [0.2, 0.25) is 5.71 Å². The van der Waals surface area contributed by atoms with Crippen LogP contribution in [0.4, 0.5) is 5.00 Å². The number of anilines is 1. The Balaban J connectivity index is 1.61. The number of rotatable bonds is 4. The molecule has 1 aliphatic carbocycles. The fourth-order valence-corrected chi connectivity index (χ4v) is 5.73. The van der Waals surface area contributed by atoms with Crippen molar-refractivity contribution in [3.05, 3.63) is 79.4 Å². The van der Waals surface area contributed by atoms with Gasteiger partial charge in [-0.3, -0.25) is 14.4 Å². The number of benzene rings is 1. The maximum absolute atomic E-state index is 13.6. The molecule has 0 fully saturated rings. The van der Waals surface area contributed by atoms with Crippen molar-refractivity contribution < 1.29 is 14.0 Å². The Morgan fingerprint density at radius 1 is 1.15 bits per heavy atom. The number of nitrogens with one attached hydrogen (secondary N) is 1. The summed E-state index contributed by atoms with van der Waals surface area (Å²) < 4.78 is 6.90. The van der Waals surface area contributed by atoms with E-state index in [4.69, 9.17) is 4.42 Å². The van der Waals surface area contributed by atoms with Crippen LogP contribution in [0.15, 0.2) is 39.8 Å². The molecule has 0 radical (unpaired) electrons. The first-order chi connectivity index (χ1) is 15.8. The third kappa shape index (κ3) is 3.60. The molecule has 3 aromatic heterocycles. The maximum Gasteiger partial charge on any atom is 0.265 e. The van der Waals surface area contributed by atoms with E-state index in [-0.39, 0.29) is 28.0 Å². The Labute approximate surface area is 194 Å². The largest absolute Gasteiger partial charge is 0.442 e. The van der Waals surface area contributed by atoms with Gasteiger partial charge < -0.3 is 14.3 Å². The van der Waals surface area contributed by atoms with E-state index in [1.54, 1.807) is 20.0 Å². The number of aromatic nitrogens is 2. The van der Waals surface area contributed by atoms with E-state index < -0.39 is 5.91 Å². The number of hydrogen-bond acceptors (Lipinski definition) is 6. The summed E-state index contributed by atoms with van der Waals surface area (Å²) in [6.07, 6.45) is 5.14. The lowest BCUT2D eigenvalue weighted by molar-refractivity contribution is 0.102. The smallest absolute Gasteiger partial charge is 0.265 e. The van der Waals surface area contributed by atoms with Gasteiger partial charge in [0, 0.05) is 17.5 Å². The zero-order valence-electron chi connectivity index (χ0n) is 18.7. The molecule has 3 heterocycles. The van der Waals surface area contributed by atoms with Crippen molar-refractivity contribution in [3.8, 4) is 0 Å². The number of thiophene rings is 1. The molecule has 5 rings (SSSR count). The van der Waals surface area contributed by atoms with Crippen molar-refractivity contribution in [3.63, 3.8) is 0 Å². The fourth-order valence-electron chi connectivity index (χ4n) is 4.45. The number of amides is 1. The lowest BCUT2D eigenvalue weighted by Gasteiger charge is -2.13. The number of fused-ring (bicyclic) bond motifs is 2. The van der Waals surface area contributed by atoms with Crippen molar-refractivity contribution in [1.29, 1.82) is 0 Å². The number of furan rings is 1. The van der Waals surface area contributed by atoms with Crippen LogP contribution in [-0.2, 0) is 19.9 Å². The lowest BCUT2D eigenvalue weighted by atomic mass is 9.91. The van der Waals surface area contributed by atoms with Crippen LogP contribution in [0.2, 0.25) is 0 Å². The van der Waals surface area contributed by atoms with E-state index in [2.05, 4.69) is 10.3 Å². The van der Waals surface area contributed by atoms with Gasteiger partial charge >= 0.3 is 0 Å². The van der Waals surface area contributed by atoms with E-state index in [0.29, 0.717) is 21.9 Å². The van der Waals surface area contributed by atoms with Gasteiger partial charge in [-0.2, -0.15) is 0 Å². The van der Waals surface area contributed by atoms with E-state index in [1.807, 2.05) is 25.1 Å². The number of nitrogens with zero attached hydrogens (tertiary/aromatic N) is 2. The quantitative estimate of drug-likeness (QED) is 0.450. The van der Waals surface area contributed by atoms with Crippen LogP contribution in [-0.4, -0.2) is 21.2 Å². The molecule has 0 atom stereocenters. The highest BCUT2D eigenvalue weighted by atomic mass is 32.1. The highest BCUT2D eigenvalue weighted by molar-refractivity contribution is 7.17. The van der Waals surface area contributed by atoms with Crippen molar-refractivity contribution in [2.24, 2.45) is 7.05 Å². The first kappa shape index (κ1) is 21.3. The molecule has 1 N–H and O–H groups in total. The van der Waals surface area contributed by atoms with Gasteiger partial charge in [0.25, 0.3) is 11.5 Å². The summed E-state index contributed by atoms with van der Waals surface area (Å²) in [6.45, 7) is 3.58. The minimum absolute atomic E-state index is 0.0974. The van der Waals surface area contributed by atoms with Gasteiger partial charge in [-0.05, 0) is 51.2 Å². The van der Waals surface area contributed by atoms with Crippen LogP contribution >= 0.6 is 11.3 Å². The predicted octanol–water partition coefficient (Wildman–Crippen LogP) is 4.57. The molecule has 4 aromatic rings. The van der Waals surface area contributed by atoms with Gasteiger partial charge in [-0.1, -0.05) is 23.8 Å². The highest BCUT2D eigenvalue weighted by Crippen LogP contribution is 2.40. The van der Waals surface area contributed by atoms with E-state index in [9.17, 15) is 14.4 Å². The molecule has 168 valence electrons. The molecule has 7 nitrogen and oxygen atoms in total. The van der Waals surface area contributed by atoms with Gasteiger partial charge in [0.15, 0.2) is 5.78 Å². The van der Waals surface area contributed by atoms with E-state index >= 15 is 0 Å². The van der Waals surface area contributed by atoms with Crippen LogP contribution in [0.25, 0.3) is 11.1 Å². The minimum atomic E-state index is -0.478. The second-order valence-electron chi connectivity index (χ2n) is 8.44. The zero-order valence-corrected chi connectivity index (χ0v) is 19.5. The van der Waals surface area contributed by atoms with Crippen molar-refractivity contribution in [1.82, 2.24) is 9.55 Å². The summed E-state index contributed by atoms with van der Waals surface area (Å²) in [5, 5.41) is 3.60. The monoisotopic (exact) mass is 461 g/mol. The van der Waals surface area contributed by atoms with Crippen LogP contribution < -0.4 is 10.9 Å². The topological polar surface area (TPSA) is 94.2 Å². The average molecular weight is 462 g/mol. The van der Waals surface area contributed by atoms with Crippen LogP contribution in [0.1, 0.15) is 60.9 Å². The molecule has 0 aliphatic heterocycles. The molecule has 0 saturated heterocycles. The van der Waals surface area contributed by atoms with Crippen molar-refractivity contribution in [2.45, 2.75) is 39.5 Å². The third-order valence-electron chi connectivity index (χ3n) is 6.08. The Morgan fingerprint density at radius 2 is 1.94 bits per heavy atom. The zero-order chi connectivity index (χ0) is 23.3. The normalized spacial score (nSPS) is 13.2. The van der Waals surface area contributed by atoms with Gasteiger partial charge in [0.1, 0.15) is 22.5 Å². The van der Waals surface area contributed by atoms with Crippen molar-refractivity contribution in [2.75, 3.05) is 5.32 Å². The van der Waals surface area contributed by atoms with Crippen LogP contribution in [0.3, 0.4) is 0 Å². The number of hydrogen-bond donors (Lipinski definition) is 1. The first-order valence-corrected chi connectivity index (χ1v) is 11.7. The molecule has 0 saturated carbocycles. The van der Waals surface area contributed by atoms with E-state index in [1.165, 1.54) is 22.2 Å².